The molecule has 1 aromatic heterocycles. The summed E-state index contributed by atoms with van der Waals surface area (Å²) in [7, 11) is 1.63. The third-order valence-corrected chi connectivity index (χ3v) is 3.48. The van der Waals surface area contributed by atoms with E-state index in [2.05, 4.69) is 24.0 Å². The van der Waals surface area contributed by atoms with Gasteiger partial charge in [-0.3, -0.25) is 4.79 Å². The number of aromatic nitrogens is 2. The fourth-order valence-electron chi connectivity index (χ4n) is 2.40. The molecule has 0 aliphatic carbocycles. The monoisotopic (exact) mass is 347 g/mol. The van der Waals surface area contributed by atoms with Crippen LogP contribution in [-0.4, -0.2) is 47.8 Å². The molecule has 2 rings (SSSR count). The Balaban J connectivity index is 2.14. The molecule has 7 nitrogen and oxygen atoms in total. The van der Waals surface area contributed by atoms with Gasteiger partial charge in [0.15, 0.2) is 6.61 Å². The summed E-state index contributed by atoms with van der Waals surface area (Å²) in [5.41, 5.74) is 0.513. The maximum Gasteiger partial charge on any atom is 0.257 e. The summed E-state index contributed by atoms with van der Waals surface area (Å²) in [5.74, 6) is 1.70. The van der Waals surface area contributed by atoms with Crippen LogP contribution < -0.4 is 4.74 Å². The van der Waals surface area contributed by atoms with Crippen molar-refractivity contribution in [1.82, 2.24) is 15.0 Å². The largest absolute Gasteiger partial charge is 0.485 e. The van der Waals surface area contributed by atoms with Gasteiger partial charge in [0.2, 0.25) is 11.7 Å². The van der Waals surface area contributed by atoms with Crippen LogP contribution in [0.3, 0.4) is 0 Å². The van der Waals surface area contributed by atoms with E-state index in [1.807, 2.05) is 12.1 Å². The first-order chi connectivity index (χ1) is 12.0. The van der Waals surface area contributed by atoms with Crippen molar-refractivity contribution in [2.75, 3.05) is 26.8 Å². The van der Waals surface area contributed by atoms with Gasteiger partial charge in [-0.1, -0.05) is 31.1 Å². The van der Waals surface area contributed by atoms with Gasteiger partial charge in [0, 0.05) is 27.1 Å². The number of benzene rings is 1. The van der Waals surface area contributed by atoms with E-state index in [1.54, 1.807) is 31.1 Å². The second kappa shape index (κ2) is 9.17. The summed E-state index contributed by atoms with van der Waals surface area (Å²) in [6.07, 6.45) is 0. The number of methoxy groups -OCH3 is 1. The van der Waals surface area contributed by atoms with Crippen molar-refractivity contribution in [2.45, 2.75) is 27.4 Å². The van der Waals surface area contributed by atoms with Crippen LogP contribution in [0.25, 0.3) is 0 Å². The van der Waals surface area contributed by atoms with E-state index >= 15 is 0 Å². The molecule has 0 unspecified atom stereocenters. The van der Waals surface area contributed by atoms with Crippen molar-refractivity contribution in [3.8, 4) is 5.75 Å². The number of carbonyl (C=O) groups excluding carboxylic acids is 1. The first-order valence-electron chi connectivity index (χ1n) is 8.30. The van der Waals surface area contributed by atoms with E-state index in [0.29, 0.717) is 48.6 Å². The third-order valence-electron chi connectivity index (χ3n) is 3.48. The van der Waals surface area contributed by atoms with Crippen molar-refractivity contribution in [3.05, 3.63) is 41.5 Å². The molecule has 0 aliphatic rings. The average Bonchev–Trinajstić information content (AvgIpc) is 3.01. The zero-order valence-corrected chi connectivity index (χ0v) is 15.2. The van der Waals surface area contributed by atoms with Gasteiger partial charge in [0.05, 0.1) is 12.2 Å². The quantitative estimate of drug-likeness (QED) is 0.694. The minimum atomic E-state index is -0.0781. The maximum absolute atomic E-state index is 13.0. The smallest absolute Gasteiger partial charge is 0.257 e. The summed E-state index contributed by atoms with van der Waals surface area (Å²) in [5, 5.41) is 3.80. The predicted octanol–water partition coefficient (Wildman–Crippen LogP) is 2.70. The standard InChI is InChI=1S/C18H25N3O4/c1-13(2)11-21(9-10-23-4)18(22)15-7-5-6-8-16(15)24-12-17-19-14(3)25-20-17/h5-8,13H,9-12H2,1-4H3. The number of para-hydroxylation sites is 1. The van der Waals surface area contributed by atoms with Gasteiger partial charge >= 0.3 is 0 Å². The van der Waals surface area contributed by atoms with Gasteiger partial charge in [-0.15, -0.1) is 0 Å². The third kappa shape index (κ3) is 5.56. The lowest BCUT2D eigenvalue weighted by atomic mass is 10.1. The zero-order valence-electron chi connectivity index (χ0n) is 15.2. The van der Waals surface area contributed by atoms with E-state index in [-0.39, 0.29) is 12.5 Å². The maximum atomic E-state index is 13.0. The molecule has 0 saturated carbocycles. The van der Waals surface area contributed by atoms with E-state index in [9.17, 15) is 4.79 Å². The molecule has 1 aromatic carbocycles. The van der Waals surface area contributed by atoms with E-state index in [4.69, 9.17) is 14.0 Å². The summed E-state index contributed by atoms with van der Waals surface area (Å²) in [6, 6.07) is 7.18. The normalized spacial score (nSPS) is 10.9. The van der Waals surface area contributed by atoms with Gasteiger partial charge < -0.3 is 18.9 Å². The van der Waals surface area contributed by atoms with Crippen LogP contribution in [0, 0.1) is 12.8 Å². The van der Waals surface area contributed by atoms with Crippen molar-refractivity contribution in [1.29, 1.82) is 0 Å². The molecule has 136 valence electrons. The Morgan fingerprint density at radius 2 is 2.08 bits per heavy atom. The molecule has 0 fully saturated rings. The summed E-state index contributed by atoms with van der Waals surface area (Å²) in [4.78, 5) is 18.9. The fraction of sp³-hybridized carbons (Fsp3) is 0.500. The Hall–Kier alpha value is -2.41. The van der Waals surface area contributed by atoms with Crippen LogP contribution in [0.4, 0.5) is 0 Å². The molecule has 7 heteroatoms. The van der Waals surface area contributed by atoms with Crippen LogP contribution in [0.5, 0.6) is 5.75 Å². The lowest BCUT2D eigenvalue weighted by Crippen LogP contribution is -2.37. The Kier molecular flexibility index (Phi) is 6.94. The first kappa shape index (κ1) is 18.9. The predicted molar refractivity (Wildman–Crippen MR) is 92.4 cm³/mol. The van der Waals surface area contributed by atoms with Crippen LogP contribution in [0.1, 0.15) is 35.9 Å². The van der Waals surface area contributed by atoms with Gasteiger partial charge in [0.25, 0.3) is 5.91 Å². The molecule has 1 amide bonds. The molecule has 0 spiro atoms. The molecule has 0 N–H and O–H groups in total. The summed E-state index contributed by atoms with van der Waals surface area (Å²) >= 11 is 0. The van der Waals surface area contributed by atoms with Crippen LogP contribution >= 0.6 is 0 Å². The highest BCUT2D eigenvalue weighted by Crippen LogP contribution is 2.21. The SMILES string of the molecule is COCCN(CC(C)C)C(=O)c1ccccc1OCc1noc(C)n1. The highest BCUT2D eigenvalue weighted by atomic mass is 16.5. The summed E-state index contributed by atoms with van der Waals surface area (Å²) in [6.45, 7) is 7.69. The number of rotatable bonds is 9. The minimum absolute atomic E-state index is 0.0781. The molecule has 0 bridgehead atoms. The van der Waals surface area contributed by atoms with E-state index < -0.39 is 0 Å². The zero-order chi connectivity index (χ0) is 18.2. The van der Waals surface area contributed by atoms with Crippen LogP contribution in [-0.2, 0) is 11.3 Å². The Labute approximate surface area is 147 Å². The molecule has 0 radical (unpaired) electrons. The second-order valence-corrected chi connectivity index (χ2v) is 6.15. The van der Waals surface area contributed by atoms with Crippen molar-refractivity contribution < 1.29 is 18.8 Å². The highest BCUT2D eigenvalue weighted by Gasteiger charge is 2.20. The van der Waals surface area contributed by atoms with E-state index in [1.165, 1.54) is 0 Å². The minimum Gasteiger partial charge on any atom is -0.485 e. The molecule has 25 heavy (non-hydrogen) atoms. The number of nitrogens with zero attached hydrogens (tertiary/aromatic N) is 3. The lowest BCUT2D eigenvalue weighted by molar-refractivity contribution is 0.0667. The van der Waals surface area contributed by atoms with Crippen LogP contribution in [0.15, 0.2) is 28.8 Å². The molecule has 0 saturated heterocycles. The average molecular weight is 347 g/mol. The summed E-state index contributed by atoms with van der Waals surface area (Å²) < 4.78 is 15.8. The number of amides is 1. The lowest BCUT2D eigenvalue weighted by Gasteiger charge is -2.25. The second-order valence-electron chi connectivity index (χ2n) is 6.15. The fourth-order valence-corrected chi connectivity index (χ4v) is 2.40. The molecule has 1 heterocycles. The molecule has 0 aliphatic heterocycles. The number of hydrogen-bond acceptors (Lipinski definition) is 6. The first-order valence-corrected chi connectivity index (χ1v) is 8.30. The van der Waals surface area contributed by atoms with Gasteiger partial charge in [-0.2, -0.15) is 4.98 Å². The van der Waals surface area contributed by atoms with Gasteiger partial charge in [0.1, 0.15) is 5.75 Å². The number of hydrogen-bond donors (Lipinski definition) is 0. The highest BCUT2D eigenvalue weighted by molar-refractivity contribution is 5.97. The van der Waals surface area contributed by atoms with Crippen molar-refractivity contribution in [2.24, 2.45) is 5.92 Å². The number of carbonyl (C=O) groups is 1. The number of ether oxygens (including phenoxy) is 2. The van der Waals surface area contributed by atoms with Gasteiger partial charge in [-0.25, -0.2) is 0 Å². The molecule has 0 atom stereocenters. The number of aryl methyl sites for hydroxylation is 1. The Morgan fingerprint density at radius 1 is 1.32 bits per heavy atom. The molecular formula is C18H25N3O4. The molecular weight excluding hydrogens is 322 g/mol. The Morgan fingerprint density at radius 3 is 2.72 bits per heavy atom. The molecule has 2 aromatic rings. The van der Waals surface area contributed by atoms with Gasteiger partial charge in [-0.05, 0) is 18.1 Å². The Bertz CT molecular complexity index is 684. The van der Waals surface area contributed by atoms with Crippen molar-refractivity contribution in [3.63, 3.8) is 0 Å². The van der Waals surface area contributed by atoms with Crippen LogP contribution in [0.2, 0.25) is 0 Å². The topological polar surface area (TPSA) is 77.7 Å². The van der Waals surface area contributed by atoms with E-state index in [0.717, 1.165) is 0 Å². The van der Waals surface area contributed by atoms with Crippen molar-refractivity contribution >= 4 is 5.91 Å².